The molecule has 4 rings (SSSR count). The molecule has 1 unspecified atom stereocenters. The van der Waals surface area contributed by atoms with Crippen molar-refractivity contribution >= 4 is 5.95 Å². The Labute approximate surface area is 161 Å². The third kappa shape index (κ3) is 3.83. The summed E-state index contributed by atoms with van der Waals surface area (Å²) >= 11 is 0. The summed E-state index contributed by atoms with van der Waals surface area (Å²) in [6, 6.07) is 2.17. The molecule has 146 valence electrons. The van der Waals surface area contributed by atoms with Crippen LogP contribution in [0.1, 0.15) is 67.0 Å². The lowest BCUT2D eigenvalue weighted by atomic mass is 9.82. The average molecular weight is 370 g/mol. The van der Waals surface area contributed by atoms with Crippen molar-refractivity contribution in [2.24, 2.45) is 7.05 Å². The fourth-order valence-electron chi connectivity index (χ4n) is 4.15. The number of anilines is 1. The molecule has 27 heavy (non-hydrogen) atoms. The van der Waals surface area contributed by atoms with Crippen molar-refractivity contribution < 1.29 is 0 Å². The largest absolute Gasteiger partial charge is 0.340 e. The zero-order chi connectivity index (χ0) is 19.0. The van der Waals surface area contributed by atoms with Gasteiger partial charge in [-0.15, -0.1) is 10.2 Å². The molecule has 3 heterocycles. The van der Waals surface area contributed by atoms with Crippen LogP contribution in [0.2, 0.25) is 0 Å². The summed E-state index contributed by atoms with van der Waals surface area (Å²) in [5, 5.41) is 8.95. The second kappa shape index (κ2) is 7.54. The third-order valence-electron chi connectivity index (χ3n) is 5.91. The van der Waals surface area contributed by atoms with Crippen molar-refractivity contribution in [3.05, 3.63) is 29.1 Å². The van der Waals surface area contributed by atoms with E-state index in [2.05, 4.69) is 58.7 Å². The second-order valence-corrected chi connectivity index (χ2v) is 8.42. The molecule has 0 N–H and O–H groups in total. The van der Waals surface area contributed by atoms with Crippen molar-refractivity contribution in [2.45, 2.75) is 57.4 Å². The second-order valence-electron chi connectivity index (χ2n) is 8.42. The van der Waals surface area contributed by atoms with Crippen LogP contribution in [0, 0.1) is 6.92 Å². The van der Waals surface area contributed by atoms with Gasteiger partial charge in [-0.25, -0.2) is 9.97 Å². The standard InChI is InChI=1S/C20H31N7/c1-14-11-17(15-7-5-8-15)22-20(21-14)27-10-6-9-16(12-27)19-24-23-18(26(19)4)13-25(2)3/h11,15-16H,5-10,12-13H2,1-4H3. The molecule has 0 aromatic carbocycles. The molecule has 2 aromatic heterocycles. The lowest BCUT2D eigenvalue weighted by Gasteiger charge is -2.33. The van der Waals surface area contributed by atoms with E-state index in [4.69, 9.17) is 9.97 Å². The Morgan fingerprint density at radius 2 is 1.85 bits per heavy atom. The van der Waals surface area contributed by atoms with Crippen molar-refractivity contribution in [2.75, 3.05) is 32.1 Å². The molecular weight excluding hydrogens is 338 g/mol. The van der Waals surface area contributed by atoms with Gasteiger partial charge >= 0.3 is 0 Å². The van der Waals surface area contributed by atoms with Crippen LogP contribution in [0.25, 0.3) is 0 Å². The normalized spacial score (nSPS) is 20.9. The number of piperidine rings is 1. The van der Waals surface area contributed by atoms with Gasteiger partial charge in [-0.3, -0.25) is 0 Å². The Hall–Kier alpha value is -2.02. The van der Waals surface area contributed by atoms with E-state index < -0.39 is 0 Å². The van der Waals surface area contributed by atoms with Gasteiger partial charge in [0, 0.05) is 43.4 Å². The molecule has 2 aliphatic rings. The first-order valence-electron chi connectivity index (χ1n) is 10.1. The van der Waals surface area contributed by atoms with E-state index in [0.717, 1.165) is 55.8 Å². The lowest BCUT2D eigenvalue weighted by molar-refractivity contribution is 0.382. The van der Waals surface area contributed by atoms with Gasteiger partial charge in [0.05, 0.1) is 6.54 Å². The molecule has 7 heteroatoms. The molecule has 0 spiro atoms. The van der Waals surface area contributed by atoms with Gasteiger partial charge in [0.25, 0.3) is 0 Å². The van der Waals surface area contributed by atoms with Crippen molar-refractivity contribution in [3.8, 4) is 0 Å². The first-order valence-corrected chi connectivity index (χ1v) is 10.1. The number of aryl methyl sites for hydroxylation is 1. The highest BCUT2D eigenvalue weighted by Crippen LogP contribution is 2.36. The molecule has 1 saturated carbocycles. The number of nitrogens with zero attached hydrogens (tertiary/aromatic N) is 7. The lowest BCUT2D eigenvalue weighted by Crippen LogP contribution is -2.37. The molecule has 0 radical (unpaired) electrons. The number of hydrogen-bond acceptors (Lipinski definition) is 6. The fourth-order valence-corrected chi connectivity index (χ4v) is 4.15. The summed E-state index contributed by atoms with van der Waals surface area (Å²) in [4.78, 5) is 14.2. The van der Waals surface area contributed by atoms with Gasteiger partial charge in [-0.2, -0.15) is 0 Å². The van der Waals surface area contributed by atoms with Crippen LogP contribution in [0.3, 0.4) is 0 Å². The van der Waals surface area contributed by atoms with Gasteiger partial charge < -0.3 is 14.4 Å². The summed E-state index contributed by atoms with van der Waals surface area (Å²) in [6.45, 7) is 4.84. The number of hydrogen-bond donors (Lipinski definition) is 0. The molecule has 2 aromatic rings. The number of rotatable bonds is 5. The highest BCUT2D eigenvalue weighted by molar-refractivity contribution is 5.35. The monoisotopic (exact) mass is 369 g/mol. The van der Waals surface area contributed by atoms with Gasteiger partial charge in [0.2, 0.25) is 5.95 Å². The Kier molecular flexibility index (Phi) is 5.12. The maximum Gasteiger partial charge on any atom is 0.225 e. The quantitative estimate of drug-likeness (QED) is 0.807. The Morgan fingerprint density at radius 3 is 2.56 bits per heavy atom. The van der Waals surface area contributed by atoms with Crippen molar-refractivity contribution in [1.29, 1.82) is 0 Å². The minimum atomic E-state index is 0.378. The smallest absolute Gasteiger partial charge is 0.225 e. The van der Waals surface area contributed by atoms with Crippen LogP contribution in [0.15, 0.2) is 6.07 Å². The molecule has 1 atom stereocenters. The predicted octanol–water partition coefficient (Wildman–Crippen LogP) is 2.63. The van der Waals surface area contributed by atoms with E-state index in [1.54, 1.807) is 0 Å². The van der Waals surface area contributed by atoms with E-state index in [1.807, 2.05) is 0 Å². The SMILES string of the molecule is Cc1cc(C2CCC2)nc(N2CCCC(c3nnc(CN(C)C)n3C)C2)n1. The van der Waals surface area contributed by atoms with Crippen molar-refractivity contribution in [1.82, 2.24) is 29.6 Å². The Balaban J connectivity index is 1.53. The van der Waals surface area contributed by atoms with Gasteiger partial charge in [-0.05, 0) is 52.8 Å². The highest BCUT2D eigenvalue weighted by atomic mass is 15.3. The maximum atomic E-state index is 4.94. The summed E-state index contributed by atoms with van der Waals surface area (Å²) in [7, 11) is 6.21. The summed E-state index contributed by atoms with van der Waals surface area (Å²) in [5.41, 5.74) is 2.31. The molecular formula is C20H31N7. The zero-order valence-electron chi connectivity index (χ0n) is 17.0. The van der Waals surface area contributed by atoms with Crippen LogP contribution in [-0.2, 0) is 13.6 Å². The molecule has 0 bridgehead atoms. The summed E-state index contributed by atoms with van der Waals surface area (Å²) in [6.07, 6.45) is 6.15. The van der Waals surface area contributed by atoms with Crippen LogP contribution < -0.4 is 4.90 Å². The molecule has 7 nitrogen and oxygen atoms in total. The van der Waals surface area contributed by atoms with Gasteiger partial charge in [0.1, 0.15) is 11.6 Å². The van der Waals surface area contributed by atoms with Crippen LogP contribution in [0.4, 0.5) is 5.95 Å². The van der Waals surface area contributed by atoms with Crippen LogP contribution in [-0.4, -0.2) is 56.8 Å². The first-order chi connectivity index (χ1) is 13.0. The summed E-state index contributed by atoms with van der Waals surface area (Å²) < 4.78 is 2.17. The Morgan fingerprint density at radius 1 is 1.07 bits per heavy atom. The average Bonchev–Trinajstić information content (AvgIpc) is 2.93. The molecule has 1 aliphatic carbocycles. The van der Waals surface area contributed by atoms with Gasteiger partial charge in [0.15, 0.2) is 0 Å². The highest BCUT2D eigenvalue weighted by Gasteiger charge is 2.28. The van der Waals surface area contributed by atoms with Crippen LogP contribution in [0.5, 0.6) is 0 Å². The van der Waals surface area contributed by atoms with E-state index in [1.165, 1.54) is 25.0 Å². The first kappa shape index (κ1) is 18.3. The van der Waals surface area contributed by atoms with E-state index in [-0.39, 0.29) is 0 Å². The topological polar surface area (TPSA) is 63.0 Å². The van der Waals surface area contributed by atoms with Crippen molar-refractivity contribution in [3.63, 3.8) is 0 Å². The minimum absolute atomic E-state index is 0.378. The van der Waals surface area contributed by atoms with E-state index >= 15 is 0 Å². The molecule has 1 saturated heterocycles. The summed E-state index contributed by atoms with van der Waals surface area (Å²) in [5.74, 6) is 4.02. The predicted molar refractivity (Wildman–Crippen MR) is 106 cm³/mol. The fraction of sp³-hybridized carbons (Fsp3) is 0.700. The maximum absolute atomic E-state index is 4.94. The Bertz CT molecular complexity index is 794. The molecule has 2 fully saturated rings. The minimum Gasteiger partial charge on any atom is -0.340 e. The number of aromatic nitrogens is 5. The molecule has 0 amide bonds. The third-order valence-corrected chi connectivity index (χ3v) is 5.91. The van der Waals surface area contributed by atoms with Crippen LogP contribution >= 0.6 is 0 Å². The zero-order valence-corrected chi connectivity index (χ0v) is 17.0. The van der Waals surface area contributed by atoms with E-state index in [0.29, 0.717) is 11.8 Å². The van der Waals surface area contributed by atoms with Gasteiger partial charge in [-0.1, -0.05) is 6.42 Å². The molecule has 1 aliphatic heterocycles. The van der Waals surface area contributed by atoms with E-state index in [9.17, 15) is 0 Å².